The number of aliphatic hydroxyl groups excluding tert-OH is 3. The Morgan fingerprint density at radius 2 is 1.71 bits per heavy atom. The molecule has 17 heavy (non-hydrogen) atoms. The fourth-order valence-electron chi connectivity index (χ4n) is 2.40. The molecular formula is C13H27O3S+. The van der Waals surface area contributed by atoms with Crippen molar-refractivity contribution in [2.75, 3.05) is 18.1 Å². The molecule has 3 nitrogen and oxygen atoms in total. The predicted molar refractivity (Wildman–Crippen MR) is 73.4 cm³/mol. The molecule has 0 radical (unpaired) electrons. The molecule has 1 aliphatic rings. The molecule has 3 N–H and O–H groups in total. The lowest BCUT2D eigenvalue weighted by Crippen LogP contribution is -2.34. The van der Waals surface area contributed by atoms with Crippen LogP contribution in [0, 0.1) is 0 Å². The van der Waals surface area contributed by atoms with Gasteiger partial charge in [0.1, 0.15) is 23.7 Å². The normalized spacial score (nSPS) is 33.2. The van der Waals surface area contributed by atoms with E-state index in [9.17, 15) is 15.3 Å². The van der Waals surface area contributed by atoms with E-state index in [2.05, 4.69) is 6.92 Å². The van der Waals surface area contributed by atoms with Crippen molar-refractivity contribution in [3.63, 3.8) is 0 Å². The summed E-state index contributed by atoms with van der Waals surface area (Å²) in [5.41, 5.74) is 0. The Bertz CT molecular complexity index is 201. The van der Waals surface area contributed by atoms with E-state index in [1.54, 1.807) is 0 Å². The summed E-state index contributed by atoms with van der Waals surface area (Å²) in [7, 11) is 0.0175. The second-order valence-electron chi connectivity index (χ2n) is 4.95. The lowest BCUT2D eigenvalue weighted by atomic mass is 10.1. The van der Waals surface area contributed by atoms with Crippen LogP contribution in [0.25, 0.3) is 0 Å². The predicted octanol–water partition coefficient (Wildman–Crippen LogP) is 1.06. The third-order valence-electron chi connectivity index (χ3n) is 3.53. The Labute approximate surface area is 108 Å². The zero-order valence-corrected chi connectivity index (χ0v) is 11.7. The second-order valence-corrected chi connectivity index (χ2v) is 7.38. The first kappa shape index (κ1) is 15.3. The van der Waals surface area contributed by atoms with Gasteiger partial charge in [0.15, 0.2) is 5.25 Å². The van der Waals surface area contributed by atoms with E-state index in [-0.39, 0.29) is 22.8 Å². The van der Waals surface area contributed by atoms with Crippen molar-refractivity contribution in [1.82, 2.24) is 0 Å². The third-order valence-corrected chi connectivity index (χ3v) is 6.40. The molecule has 1 heterocycles. The highest BCUT2D eigenvalue weighted by Crippen LogP contribution is 2.25. The molecule has 1 fully saturated rings. The molecule has 0 saturated carbocycles. The van der Waals surface area contributed by atoms with Gasteiger partial charge in [-0.05, 0) is 23.7 Å². The Balaban J connectivity index is 2.14. The average molecular weight is 263 g/mol. The fraction of sp³-hybridized carbons (Fsp3) is 1.00. The quantitative estimate of drug-likeness (QED) is 0.453. The van der Waals surface area contributed by atoms with E-state index in [1.807, 2.05) is 0 Å². The molecule has 0 aromatic heterocycles. The maximum absolute atomic E-state index is 9.70. The fourth-order valence-corrected chi connectivity index (χ4v) is 5.12. The van der Waals surface area contributed by atoms with Gasteiger partial charge in [0, 0.05) is 0 Å². The minimum absolute atomic E-state index is 0.0111. The van der Waals surface area contributed by atoms with Crippen LogP contribution in [0.3, 0.4) is 0 Å². The first-order valence-corrected chi connectivity index (χ1v) is 8.46. The van der Waals surface area contributed by atoms with Crippen molar-refractivity contribution in [1.29, 1.82) is 0 Å². The van der Waals surface area contributed by atoms with Gasteiger partial charge in [-0.25, -0.2) is 0 Å². The average Bonchev–Trinajstić information content (AvgIpc) is 2.59. The molecule has 1 saturated heterocycles. The molecule has 4 heteroatoms. The molecule has 1 rings (SSSR count). The van der Waals surface area contributed by atoms with Crippen LogP contribution in [-0.4, -0.2) is 50.9 Å². The first-order valence-electron chi connectivity index (χ1n) is 6.84. The molecule has 0 aliphatic carbocycles. The lowest BCUT2D eigenvalue weighted by Gasteiger charge is -2.11. The minimum Gasteiger partial charge on any atom is -0.391 e. The van der Waals surface area contributed by atoms with Gasteiger partial charge >= 0.3 is 0 Å². The monoisotopic (exact) mass is 263 g/mol. The number of aliphatic hydroxyl groups is 3. The Hall–Kier alpha value is 0.230. The Morgan fingerprint density at radius 3 is 2.35 bits per heavy atom. The van der Waals surface area contributed by atoms with E-state index in [0.29, 0.717) is 5.75 Å². The maximum Gasteiger partial charge on any atom is 0.169 e. The number of rotatable bonds is 8. The molecule has 1 unspecified atom stereocenters. The first-order chi connectivity index (χ1) is 8.20. The summed E-state index contributed by atoms with van der Waals surface area (Å²) in [4.78, 5) is 0. The third kappa shape index (κ3) is 4.78. The smallest absolute Gasteiger partial charge is 0.169 e. The van der Waals surface area contributed by atoms with Gasteiger partial charge in [-0.2, -0.15) is 0 Å². The molecule has 1 aliphatic heterocycles. The lowest BCUT2D eigenvalue weighted by molar-refractivity contribution is 0.0325. The van der Waals surface area contributed by atoms with Crippen molar-refractivity contribution in [3.05, 3.63) is 0 Å². The van der Waals surface area contributed by atoms with Crippen LogP contribution in [-0.2, 0) is 10.9 Å². The van der Waals surface area contributed by atoms with Crippen LogP contribution >= 0.6 is 0 Å². The molecule has 0 aromatic rings. The molecule has 0 bridgehead atoms. The maximum atomic E-state index is 9.70. The van der Waals surface area contributed by atoms with Crippen molar-refractivity contribution in [2.45, 2.75) is 62.9 Å². The van der Waals surface area contributed by atoms with Crippen LogP contribution < -0.4 is 0 Å². The van der Waals surface area contributed by atoms with Crippen LogP contribution in [0.2, 0.25) is 0 Å². The summed E-state index contributed by atoms with van der Waals surface area (Å²) in [5.74, 6) is 1.74. The van der Waals surface area contributed by atoms with E-state index >= 15 is 0 Å². The van der Waals surface area contributed by atoms with Crippen molar-refractivity contribution in [2.24, 2.45) is 0 Å². The van der Waals surface area contributed by atoms with Gasteiger partial charge < -0.3 is 15.3 Å². The van der Waals surface area contributed by atoms with E-state index < -0.39 is 12.2 Å². The Morgan fingerprint density at radius 1 is 1.06 bits per heavy atom. The summed E-state index contributed by atoms with van der Waals surface area (Å²) in [6.07, 6.45) is 6.30. The zero-order chi connectivity index (χ0) is 12.7. The summed E-state index contributed by atoms with van der Waals surface area (Å²) in [6, 6.07) is 0. The summed E-state index contributed by atoms with van der Waals surface area (Å²) >= 11 is 0. The van der Waals surface area contributed by atoms with E-state index in [4.69, 9.17) is 0 Å². The molecule has 0 aromatic carbocycles. The molecular weight excluding hydrogens is 236 g/mol. The molecule has 0 spiro atoms. The van der Waals surface area contributed by atoms with Crippen molar-refractivity contribution < 1.29 is 15.3 Å². The van der Waals surface area contributed by atoms with Crippen molar-refractivity contribution in [3.8, 4) is 0 Å². The Kier molecular flexibility index (Phi) is 7.51. The van der Waals surface area contributed by atoms with Crippen molar-refractivity contribution >= 4 is 10.9 Å². The van der Waals surface area contributed by atoms with E-state index in [1.165, 1.54) is 38.5 Å². The largest absolute Gasteiger partial charge is 0.391 e. The number of hydrogen-bond acceptors (Lipinski definition) is 3. The topological polar surface area (TPSA) is 60.7 Å². The molecule has 102 valence electrons. The number of hydrogen-bond donors (Lipinski definition) is 3. The van der Waals surface area contributed by atoms with Gasteiger partial charge in [0.25, 0.3) is 0 Å². The minimum atomic E-state index is -0.705. The SMILES string of the molecule is CCCCCCCC[S+]1C[C@@H](O)[C@H](O)[C@H]1CO. The summed E-state index contributed by atoms with van der Waals surface area (Å²) in [6.45, 7) is 2.23. The highest BCUT2D eigenvalue weighted by molar-refractivity contribution is 7.97. The van der Waals surface area contributed by atoms with Crippen LogP contribution in [0.1, 0.15) is 45.4 Å². The summed E-state index contributed by atoms with van der Waals surface area (Å²) < 4.78 is 0. The highest BCUT2D eigenvalue weighted by Gasteiger charge is 2.48. The number of unbranched alkanes of at least 4 members (excludes halogenated alkanes) is 5. The van der Waals surface area contributed by atoms with Gasteiger partial charge in [-0.15, -0.1) is 0 Å². The molecule has 0 amide bonds. The second kappa shape index (κ2) is 8.35. The molecule has 4 atom stereocenters. The van der Waals surface area contributed by atoms with Gasteiger partial charge in [-0.1, -0.05) is 32.6 Å². The van der Waals surface area contributed by atoms with E-state index in [0.717, 1.165) is 5.75 Å². The van der Waals surface area contributed by atoms with Gasteiger partial charge in [0.2, 0.25) is 0 Å². The summed E-state index contributed by atoms with van der Waals surface area (Å²) in [5, 5.41) is 28.4. The van der Waals surface area contributed by atoms with Gasteiger partial charge in [-0.3, -0.25) is 0 Å². The van der Waals surface area contributed by atoms with Crippen LogP contribution in [0.4, 0.5) is 0 Å². The standard InChI is InChI=1S/C13H27O3S/c1-2-3-4-5-6-7-8-17-10-11(15)13(16)12(17)9-14/h11-16H,2-10H2,1H3/q+1/t11-,12-,13+,17?/m1/s1. The van der Waals surface area contributed by atoms with Crippen LogP contribution in [0.5, 0.6) is 0 Å². The van der Waals surface area contributed by atoms with Gasteiger partial charge in [0.05, 0.1) is 6.61 Å². The highest BCUT2D eigenvalue weighted by atomic mass is 32.2. The zero-order valence-electron chi connectivity index (χ0n) is 10.8. The van der Waals surface area contributed by atoms with Crippen LogP contribution in [0.15, 0.2) is 0 Å².